The summed E-state index contributed by atoms with van der Waals surface area (Å²) >= 11 is 0. The summed E-state index contributed by atoms with van der Waals surface area (Å²) < 4.78 is 29.5. The Morgan fingerprint density at radius 1 is 0.933 bits per heavy atom. The molecule has 4 fully saturated rings. The Balaban J connectivity index is 1.70. The maximum absolute atomic E-state index is 13.3. The monoisotopic (exact) mass is 424 g/mol. The van der Waals surface area contributed by atoms with Crippen LogP contribution >= 0.6 is 0 Å². The fraction of sp³-hybridized carbons (Fsp3) is 0.913. The third kappa shape index (κ3) is 4.06. The van der Waals surface area contributed by atoms with Crippen LogP contribution in [0.2, 0.25) is 0 Å². The second-order valence-electron chi connectivity index (χ2n) is 9.96. The van der Waals surface area contributed by atoms with Crippen molar-refractivity contribution in [1.82, 2.24) is 0 Å². The number of rotatable bonds is 1. The topological polar surface area (TPSA) is 80.3 Å². The van der Waals surface area contributed by atoms with E-state index in [-0.39, 0.29) is 23.0 Å². The van der Waals surface area contributed by atoms with Gasteiger partial charge in [0.1, 0.15) is 11.7 Å². The molecular weight excluding hydrogens is 388 g/mol. The smallest absolute Gasteiger partial charge is 0.316 e. The first-order valence-electron chi connectivity index (χ1n) is 11.5. The van der Waals surface area contributed by atoms with E-state index in [1.165, 1.54) is 7.11 Å². The molecule has 2 aliphatic carbocycles. The number of carbonyl (C=O) groups is 2. The zero-order chi connectivity index (χ0) is 21.4. The van der Waals surface area contributed by atoms with Crippen molar-refractivity contribution in [3.05, 3.63) is 0 Å². The molecule has 0 amide bonds. The van der Waals surface area contributed by atoms with Gasteiger partial charge in [-0.2, -0.15) is 0 Å². The highest BCUT2D eigenvalue weighted by Gasteiger charge is 2.58. The Bertz CT molecular complexity index is 646. The van der Waals surface area contributed by atoms with Crippen molar-refractivity contribution in [1.29, 1.82) is 0 Å². The molecular formula is C23H36O7. The molecule has 2 spiro atoms. The number of fused-ring (bicyclic) bond motifs is 2. The van der Waals surface area contributed by atoms with E-state index in [0.29, 0.717) is 39.3 Å². The number of ether oxygens (including phenoxy) is 5. The van der Waals surface area contributed by atoms with Gasteiger partial charge >= 0.3 is 5.97 Å². The van der Waals surface area contributed by atoms with Crippen LogP contribution in [-0.4, -0.2) is 56.9 Å². The minimum Gasteiger partial charge on any atom is -0.468 e. The van der Waals surface area contributed by atoms with Gasteiger partial charge in [0.05, 0.1) is 33.5 Å². The fourth-order valence-corrected chi connectivity index (χ4v) is 6.18. The molecule has 4 aliphatic rings. The van der Waals surface area contributed by atoms with E-state index in [2.05, 4.69) is 13.8 Å². The zero-order valence-electron chi connectivity index (χ0n) is 18.6. The lowest BCUT2D eigenvalue weighted by Crippen LogP contribution is -2.54. The van der Waals surface area contributed by atoms with Crippen LogP contribution in [0.25, 0.3) is 0 Å². The summed E-state index contributed by atoms with van der Waals surface area (Å²) in [4.78, 5) is 26.1. The second kappa shape index (κ2) is 8.49. The third-order valence-corrected chi connectivity index (χ3v) is 8.03. The minimum absolute atomic E-state index is 0.0309. The predicted octanol–water partition coefficient (Wildman–Crippen LogP) is 3.24. The van der Waals surface area contributed by atoms with E-state index in [9.17, 15) is 9.59 Å². The van der Waals surface area contributed by atoms with Gasteiger partial charge in [-0.3, -0.25) is 9.59 Å². The number of methoxy groups -OCH3 is 1. The van der Waals surface area contributed by atoms with Gasteiger partial charge < -0.3 is 23.7 Å². The van der Waals surface area contributed by atoms with Crippen molar-refractivity contribution < 1.29 is 33.3 Å². The molecule has 0 N–H and O–H groups in total. The van der Waals surface area contributed by atoms with Crippen molar-refractivity contribution >= 4 is 11.8 Å². The fourth-order valence-electron chi connectivity index (χ4n) is 6.18. The number of hydrogen-bond donors (Lipinski definition) is 0. The summed E-state index contributed by atoms with van der Waals surface area (Å²) in [5.74, 6) is -2.48. The molecule has 0 radical (unpaired) electrons. The molecule has 170 valence electrons. The van der Waals surface area contributed by atoms with Crippen molar-refractivity contribution in [3.63, 3.8) is 0 Å². The van der Waals surface area contributed by atoms with E-state index in [1.54, 1.807) is 0 Å². The van der Waals surface area contributed by atoms with Crippen LogP contribution < -0.4 is 0 Å². The van der Waals surface area contributed by atoms with Crippen molar-refractivity contribution in [3.8, 4) is 0 Å². The zero-order valence-corrected chi connectivity index (χ0v) is 18.6. The van der Waals surface area contributed by atoms with Gasteiger partial charge in [0.25, 0.3) is 0 Å². The highest BCUT2D eigenvalue weighted by molar-refractivity contribution is 5.99. The van der Waals surface area contributed by atoms with Crippen molar-refractivity contribution in [2.45, 2.75) is 76.8 Å². The number of carbonyl (C=O) groups excluding carboxylic acids is 2. The van der Waals surface area contributed by atoms with Crippen LogP contribution in [0.4, 0.5) is 0 Å². The molecule has 2 saturated heterocycles. The maximum Gasteiger partial charge on any atom is 0.316 e. The number of hydrogen-bond acceptors (Lipinski definition) is 7. The van der Waals surface area contributed by atoms with Gasteiger partial charge in [0, 0.05) is 32.1 Å². The lowest BCUT2D eigenvalue weighted by molar-refractivity contribution is -0.233. The van der Waals surface area contributed by atoms with Crippen LogP contribution in [-0.2, 0) is 33.3 Å². The lowest BCUT2D eigenvalue weighted by atomic mass is 9.55. The van der Waals surface area contributed by atoms with E-state index >= 15 is 0 Å². The standard InChI is InChI=1S/C23H36O7/c1-21(2)16-7-9-22(27-10-11-28-22)8-5-4-6-18(24)19(20(25)26-3)17(21)15-23(14-16)29-12-13-30-23/h16-17,19H,4-15H2,1-3H3/t16-,17-,19?/m0/s1. The molecule has 30 heavy (non-hydrogen) atoms. The first-order chi connectivity index (χ1) is 14.3. The van der Waals surface area contributed by atoms with Gasteiger partial charge in [-0.05, 0) is 36.5 Å². The molecule has 4 rings (SSSR count). The summed E-state index contributed by atoms with van der Waals surface area (Å²) in [5, 5.41) is 0. The summed E-state index contributed by atoms with van der Waals surface area (Å²) in [6.07, 6.45) is 5.68. The van der Waals surface area contributed by atoms with Crippen LogP contribution in [0.15, 0.2) is 0 Å². The van der Waals surface area contributed by atoms with E-state index in [4.69, 9.17) is 23.7 Å². The van der Waals surface area contributed by atoms with Crippen LogP contribution in [0, 0.1) is 23.2 Å². The Labute approximate surface area is 179 Å². The molecule has 0 aromatic heterocycles. The van der Waals surface area contributed by atoms with Gasteiger partial charge in [0.2, 0.25) is 0 Å². The summed E-state index contributed by atoms with van der Waals surface area (Å²) in [6.45, 7) is 6.70. The Hall–Kier alpha value is -1.02. The highest BCUT2D eigenvalue weighted by atomic mass is 16.7. The predicted molar refractivity (Wildman–Crippen MR) is 107 cm³/mol. The lowest BCUT2D eigenvalue weighted by Gasteiger charge is -2.53. The number of esters is 1. The van der Waals surface area contributed by atoms with Crippen molar-refractivity contribution in [2.75, 3.05) is 33.5 Å². The van der Waals surface area contributed by atoms with E-state index < -0.39 is 23.5 Å². The third-order valence-electron chi connectivity index (χ3n) is 8.03. The second-order valence-corrected chi connectivity index (χ2v) is 9.96. The van der Waals surface area contributed by atoms with Crippen LogP contribution in [0.1, 0.15) is 65.2 Å². The quantitative estimate of drug-likeness (QED) is 0.472. The summed E-state index contributed by atoms with van der Waals surface area (Å²) in [5.41, 5.74) is -0.256. The highest BCUT2D eigenvalue weighted by Crippen LogP contribution is 2.56. The van der Waals surface area contributed by atoms with Crippen molar-refractivity contribution in [2.24, 2.45) is 23.2 Å². The molecule has 7 heteroatoms. The largest absolute Gasteiger partial charge is 0.468 e. The van der Waals surface area contributed by atoms with Gasteiger partial charge in [-0.15, -0.1) is 0 Å². The van der Waals surface area contributed by atoms with E-state index in [1.807, 2.05) is 0 Å². The minimum atomic E-state index is -0.773. The molecule has 2 aliphatic heterocycles. The maximum atomic E-state index is 13.3. The Morgan fingerprint density at radius 3 is 2.20 bits per heavy atom. The molecule has 7 nitrogen and oxygen atoms in total. The van der Waals surface area contributed by atoms with E-state index in [0.717, 1.165) is 38.5 Å². The average molecular weight is 425 g/mol. The summed E-state index contributed by atoms with van der Waals surface area (Å²) in [7, 11) is 1.37. The molecule has 2 saturated carbocycles. The Kier molecular flexibility index (Phi) is 6.28. The number of Topliss-reactive ketones (excluding diaryl/α,β-unsaturated/α-hetero) is 1. The Morgan fingerprint density at radius 2 is 1.57 bits per heavy atom. The molecule has 1 unspecified atom stereocenters. The molecule has 3 atom stereocenters. The SMILES string of the molecule is COC(=O)C1C(=O)CCCCC2(CC[C@H]3CC4(C[C@@H]1C3(C)C)OCCO4)OCCO2. The number of ketones is 1. The average Bonchev–Trinajstić information content (AvgIpc) is 3.37. The van der Waals surface area contributed by atoms with Gasteiger partial charge in [-0.25, -0.2) is 0 Å². The molecule has 2 heterocycles. The van der Waals surface area contributed by atoms with Crippen LogP contribution in [0.5, 0.6) is 0 Å². The first kappa shape index (κ1) is 22.2. The van der Waals surface area contributed by atoms with Crippen LogP contribution in [0.3, 0.4) is 0 Å². The van der Waals surface area contributed by atoms with Gasteiger partial charge in [0.15, 0.2) is 11.6 Å². The summed E-state index contributed by atoms with van der Waals surface area (Å²) in [6, 6.07) is 0. The first-order valence-corrected chi connectivity index (χ1v) is 11.5. The van der Waals surface area contributed by atoms with Gasteiger partial charge in [-0.1, -0.05) is 13.8 Å². The molecule has 0 aromatic carbocycles. The molecule has 0 aromatic rings. The normalized spacial score (nSPS) is 35.7. The molecule has 2 bridgehead atoms.